The molecular weight excluding hydrogens is 212 g/mol. The monoisotopic (exact) mass is 224 g/mol. The van der Waals surface area contributed by atoms with Crippen LogP contribution in [0.25, 0.3) is 0 Å². The zero-order chi connectivity index (χ0) is 11.4. The van der Waals surface area contributed by atoms with Crippen LogP contribution in [0, 0.1) is 17.2 Å². The van der Waals surface area contributed by atoms with E-state index >= 15 is 0 Å². The van der Waals surface area contributed by atoms with Crippen LogP contribution >= 0.6 is 11.6 Å². The maximum atomic E-state index is 8.69. The maximum absolute atomic E-state index is 8.69. The SMILES string of the molecule is CC(C#N)CN(C)c1cc(N)cc(Cl)n1. The molecule has 4 nitrogen and oxygen atoms in total. The molecule has 1 heterocycles. The van der Waals surface area contributed by atoms with Crippen LogP contribution in [-0.2, 0) is 0 Å². The van der Waals surface area contributed by atoms with Crippen molar-refractivity contribution in [3.63, 3.8) is 0 Å². The molecule has 0 aromatic carbocycles. The normalized spacial score (nSPS) is 11.9. The van der Waals surface area contributed by atoms with Gasteiger partial charge in [-0.05, 0) is 13.0 Å². The van der Waals surface area contributed by atoms with E-state index in [0.717, 1.165) is 0 Å². The highest BCUT2D eigenvalue weighted by atomic mass is 35.5. The average molecular weight is 225 g/mol. The van der Waals surface area contributed by atoms with Crippen LogP contribution in [-0.4, -0.2) is 18.6 Å². The van der Waals surface area contributed by atoms with Crippen molar-refractivity contribution < 1.29 is 0 Å². The number of halogens is 1. The van der Waals surface area contributed by atoms with Gasteiger partial charge in [0.25, 0.3) is 0 Å². The van der Waals surface area contributed by atoms with Crippen molar-refractivity contribution in [2.45, 2.75) is 6.92 Å². The van der Waals surface area contributed by atoms with E-state index in [4.69, 9.17) is 22.6 Å². The molecule has 0 aliphatic rings. The summed E-state index contributed by atoms with van der Waals surface area (Å²) in [6.45, 7) is 2.45. The number of nitriles is 1. The van der Waals surface area contributed by atoms with Gasteiger partial charge >= 0.3 is 0 Å². The first kappa shape index (κ1) is 11.6. The van der Waals surface area contributed by atoms with E-state index in [9.17, 15) is 0 Å². The van der Waals surface area contributed by atoms with Crippen LogP contribution in [0.1, 0.15) is 6.92 Å². The number of nitrogens with two attached hydrogens (primary N) is 1. The van der Waals surface area contributed by atoms with Crippen LogP contribution in [0.15, 0.2) is 12.1 Å². The summed E-state index contributed by atoms with van der Waals surface area (Å²) in [6.07, 6.45) is 0. The fourth-order valence-corrected chi connectivity index (χ4v) is 1.46. The quantitative estimate of drug-likeness (QED) is 0.797. The van der Waals surface area contributed by atoms with Gasteiger partial charge in [0.15, 0.2) is 0 Å². The summed E-state index contributed by atoms with van der Waals surface area (Å²) in [5.41, 5.74) is 6.22. The van der Waals surface area contributed by atoms with Crippen LogP contribution in [0.5, 0.6) is 0 Å². The third-order valence-electron chi connectivity index (χ3n) is 1.96. The fraction of sp³-hybridized carbons (Fsp3) is 0.400. The van der Waals surface area contributed by atoms with E-state index in [0.29, 0.717) is 23.2 Å². The Morgan fingerprint density at radius 3 is 2.87 bits per heavy atom. The molecule has 0 spiro atoms. The Bertz CT molecular complexity index is 365. The average Bonchev–Trinajstić information content (AvgIpc) is 2.16. The topological polar surface area (TPSA) is 65.9 Å². The maximum Gasteiger partial charge on any atom is 0.133 e. The molecule has 0 bridgehead atoms. The highest BCUT2D eigenvalue weighted by Gasteiger charge is 2.08. The molecule has 2 N–H and O–H groups in total. The number of rotatable bonds is 3. The van der Waals surface area contributed by atoms with Gasteiger partial charge in [-0.1, -0.05) is 11.6 Å². The van der Waals surface area contributed by atoms with Gasteiger partial charge in [0.05, 0.1) is 12.0 Å². The summed E-state index contributed by atoms with van der Waals surface area (Å²) < 4.78 is 0. The molecule has 1 rings (SSSR count). The molecule has 0 fully saturated rings. The summed E-state index contributed by atoms with van der Waals surface area (Å²) in [5, 5.41) is 9.05. The van der Waals surface area contributed by atoms with Crippen LogP contribution in [0.4, 0.5) is 11.5 Å². The summed E-state index contributed by atoms with van der Waals surface area (Å²) in [5.74, 6) is 0.624. The number of nitrogens with zero attached hydrogens (tertiary/aromatic N) is 3. The summed E-state index contributed by atoms with van der Waals surface area (Å²) in [6, 6.07) is 5.48. The smallest absolute Gasteiger partial charge is 0.133 e. The minimum atomic E-state index is -0.0583. The molecule has 0 saturated carbocycles. The zero-order valence-electron chi connectivity index (χ0n) is 8.74. The Morgan fingerprint density at radius 2 is 2.33 bits per heavy atom. The minimum Gasteiger partial charge on any atom is -0.399 e. The van der Waals surface area contributed by atoms with Gasteiger partial charge in [-0.15, -0.1) is 0 Å². The number of nitrogen functional groups attached to an aromatic ring is 1. The third-order valence-corrected chi connectivity index (χ3v) is 2.16. The predicted octanol–water partition coefficient (Wildman–Crippen LogP) is 1.91. The van der Waals surface area contributed by atoms with E-state index in [1.54, 1.807) is 12.1 Å². The van der Waals surface area contributed by atoms with Crippen molar-refractivity contribution in [1.82, 2.24) is 4.98 Å². The molecule has 1 aromatic rings. The Kier molecular flexibility index (Phi) is 3.75. The van der Waals surface area contributed by atoms with E-state index in [2.05, 4.69) is 11.1 Å². The number of pyridine rings is 1. The Balaban J connectivity index is 2.82. The standard InChI is InChI=1S/C10H13ClN4/c1-7(5-12)6-15(2)10-4-8(13)3-9(11)14-10/h3-4,7H,6H2,1-2H3,(H2,13,14). The summed E-state index contributed by atoms with van der Waals surface area (Å²) in [4.78, 5) is 5.98. The molecule has 0 aliphatic carbocycles. The number of hydrogen-bond acceptors (Lipinski definition) is 4. The van der Waals surface area contributed by atoms with Crippen molar-refractivity contribution in [3.05, 3.63) is 17.3 Å². The van der Waals surface area contributed by atoms with Gasteiger partial charge in [0.2, 0.25) is 0 Å². The minimum absolute atomic E-state index is 0.0583. The molecule has 80 valence electrons. The van der Waals surface area contributed by atoms with Gasteiger partial charge in [0, 0.05) is 25.3 Å². The van der Waals surface area contributed by atoms with Gasteiger partial charge in [-0.3, -0.25) is 0 Å². The first-order chi connectivity index (χ1) is 7.02. The first-order valence-corrected chi connectivity index (χ1v) is 4.94. The lowest BCUT2D eigenvalue weighted by Gasteiger charge is -2.19. The van der Waals surface area contributed by atoms with Crippen LogP contribution < -0.4 is 10.6 Å². The molecule has 1 unspecified atom stereocenters. The number of hydrogen-bond donors (Lipinski definition) is 1. The molecule has 0 saturated heterocycles. The predicted molar refractivity (Wildman–Crippen MR) is 61.7 cm³/mol. The van der Waals surface area contributed by atoms with E-state index < -0.39 is 0 Å². The zero-order valence-corrected chi connectivity index (χ0v) is 9.49. The molecule has 0 amide bonds. The Hall–Kier alpha value is -1.47. The summed E-state index contributed by atoms with van der Waals surface area (Å²) >= 11 is 5.78. The third kappa shape index (κ3) is 3.30. The second kappa shape index (κ2) is 4.85. The molecule has 5 heteroatoms. The second-order valence-electron chi connectivity index (χ2n) is 3.49. The van der Waals surface area contributed by atoms with Gasteiger partial charge in [-0.2, -0.15) is 5.26 Å². The van der Waals surface area contributed by atoms with E-state index in [-0.39, 0.29) is 5.92 Å². The largest absolute Gasteiger partial charge is 0.399 e. The van der Waals surface area contributed by atoms with Gasteiger partial charge < -0.3 is 10.6 Å². The van der Waals surface area contributed by atoms with E-state index in [1.807, 2.05) is 18.9 Å². The van der Waals surface area contributed by atoms with E-state index in [1.165, 1.54) is 0 Å². The Morgan fingerprint density at radius 1 is 1.67 bits per heavy atom. The van der Waals surface area contributed by atoms with Crippen LogP contribution in [0.3, 0.4) is 0 Å². The van der Waals surface area contributed by atoms with Gasteiger partial charge in [-0.25, -0.2) is 4.98 Å². The summed E-state index contributed by atoms with van der Waals surface area (Å²) in [7, 11) is 1.85. The van der Waals surface area contributed by atoms with Crippen molar-refractivity contribution >= 4 is 23.1 Å². The van der Waals surface area contributed by atoms with Crippen molar-refractivity contribution in [1.29, 1.82) is 5.26 Å². The highest BCUT2D eigenvalue weighted by molar-refractivity contribution is 6.29. The van der Waals surface area contributed by atoms with Crippen LogP contribution in [0.2, 0.25) is 5.15 Å². The molecule has 15 heavy (non-hydrogen) atoms. The molecule has 1 aromatic heterocycles. The Labute approximate surface area is 94.3 Å². The fourth-order valence-electron chi connectivity index (χ4n) is 1.24. The highest BCUT2D eigenvalue weighted by Crippen LogP contribution is 2.19. The number of aromatic nitrogens is 1. The number of anilines is 2. The van der Waals surface area contributed by atoms with Crippen molar-refractivity contribution in [2.24, 2.45) is 5.92 Å². The van der Waals surface area contributed by atoms with Crippen molar-refractivity contribution in [3.8, 4) is 6.07 Å². The lowest BCUT2D eigenvalue weighted by atomic mass is 10.2. The van der Waals surface area contributed by atoms with Gasteiger partial charge in [0.1, 0.15) is 11.0 Å². The molecular formula is C10H13ClN4. The molecule has 0 aliphatic heterocycles. The molecule has 1 atom stereocenters. The lowest BCUT2D eigenvalue weighted by Crippen LogP contribution is -2.24. The van der Waals surface area contributed by atoms with Crippen molar-refractivity contribution in [2.75, 3.05) is 24.2 Å². The lowest BCUT2D eigenvalue weighted by molar-refractivity contribution is 0.710. The molecule has 0 radical (unpaired) electrons. The second-order valence-corrected chi connectivity index (χ2v) is 3.88. The first-order valence-electron chi connectivity index (χ1n) is 4.56.